The molecule has 0 bridgehead atoms. The van der Waals surface area contributed by atoms with Gasteiger partial charge in [0.05, 0.1) is 0 Å². The molecular weight excluding hydrogens is 295 g/mol. The van der Waals surface area contributed by atoms with Crippen molar-refractivity contribution in [1.29, 1.82) is 0 Å². The smallest absolute Gasteiger partial charge is 0.268 e. The van der Waals surface area contributed by atoms with Gasteiger partial charge >= 0.3 is 0 Å². The van der Waals surface area contributed by atoms with Gasteiger partial charge in [-0.2, -0.15) is 0 Å². The number of amides is 1. The first-order valence-electron chi connectivity index (χ1n) is 5.23. The number of carbonyl (C=O) groups excluding carboxylic acids is 1. The van der Waals surface area contributed by atoms with Gasteiger partial charge in [-0.05, 0) is 0 Å². The van der Waals surface area contributed by atoms with E-state index < -0.39 is 44.6 Å². The number of nitrogens with two attached hydrogens (primary N) is 1. The molecule has 0 saturated carbocycles. The molecule has 8 nitrogen and oxygen atoms in total. The van der Waals surface area contributed by atoms with Crippen molar-refractivity contribution >= 4 is 25.7 Å². The maximum Gasteiger partial charge on any atom is 0.268 e. The van der Waals surface area contributed by atoms with Gasteiger partial charge in [0, 0.05) is 5.38 Å². The molecule has 1 aromatic rings. The Labute approximate surface area is 113 Å². The van der Waals surface area contributed by atoms with Gasteiger partial charge in [-0.3, -0.25) is 9.36 Å². The van der Waals surface area contributed by atoms with E-state index in [2.05, 4.69) is 4.98 Å². The monoisotopic (exact) mass is 306 g/mol. The molecule has 0 aromatic carbocycles. The van der Waals surface area contributed by atoms with Crippen LogP contribution in [0.3, 0.4) is 0 Å². The van der Waals surface area contributed by atoms with Crippen LogP contribution in [0.2, 0.25) is 0 Å². The van der Waals surface area contributed by atoms with Gasteiger partial charge < -0.3 is 25.8 Å². The van der Waals surface area contributed by atoms with Crippen LogP contribution in [0.25, 0.3) is 0 Å². The van der Waals surface area contributed by atoms with Crippen molar-refractivity contribution in [3.05, 3.63) is 16.1 Å². The standard InChI is InChI=1S/C9H11N2O6PS/c10-7(14)2-1-19-8(11-2)5-3(12)4(13)6(17-5)9(15)18-16/h1,3-6,9,12-13,15H,(H2,10,14)/t3-,4+,5-,6+,9?/m1/s1. The minimum absolute atomic E-state index is 0.0243. The molecule has 104 valence electrons. The van der Waals surface area contributed by atoms with Crippen LogP contribution in [0.5, 0.6) is 0 Å². The van der Waals surface area contributed by atoms with Crippen LogP contribution < -0.4 is 5.73 Å². The molecule has 10 heteroatoms. The van der Waals surface area contributed by atoms with E-state index in [4.69, 9.17) is 10.5 Å². The van der Waals surface area contributed by atoms with Gasteiger partial charge in [0.15, 0.2) is 14.3 Å². The van der Waals surface area contributed by atoms with E-state index in [0.29, 0.717) is 0 Å². The van der Waals surface area contributed by atoms with Crippen molar-refractivity contribution in [2.45, 2.75) is 30.3 Å². The summed E-state index contributed by atoms with van der Waals surface area (Å²) >= 11 is 1.03. The fourth-order valence-electron chi connectivity index (χ4n) is 1.75. The molecule has 19 heavy (non-hydrogen) atoms. The average molecular weight is 306 g/mol. The number of aliphatic hydroxyl groups excluding tert-OH is 3. The number of rotatable bonds is 4. The first-order valence-corrected chi connectivity index (χ1v) is 6.99. The van der Waals surface area contributed by atoms with Crippen molar-refractivity contribution in [2.75, 3.05) is 0 Å². The summed E-state index contributed by atoms with van der Waals surface area (Å²) in [6, 6.07) is 0. The molecule has 5 N–H and O–H groups in total. The van der Waals surface area contributed by atoms with Crippen LogP contribution in [0.1, 0.15) is 21.6 Å². The Bertz CT molecular complexity index is 497. The molecule has 1 aliphatic heterocycles. The minimum atomic E-state index is -1.45. The third-order valence-electron chi connectivity index (χ3n) is 2.72. The molecule has 5 atom stereocenters. The largest absolute Gasteiger partial charge is 0.387 e. The molecule has 1 aromatic heterocycles. The van der Waals surface area contributed by atoms with E-state index in [9.17, 15) is 24.7 Å². The summed E-state index contributed by atoms with van der Waals surface area (Å²) in [5.74, 6) is -2.17. The number of hydrogen-bond donors (Lipinski definition) is 4. The quantitative estimate of drug-likeness (QED) is 0.523. The zero-order chi connectivity index (χ0) is 14.2. The summed E-state index contributed by atoms with van der Waals surface area (Å²) in [5.41, 5.74) is 5.08. The van der Waals surface area contributed by atoms with Gasteiger partial charge in [-0.15, -0.1) is 11.3 Å². The molecule has 1 aliphatic rings. The van der Waals surface area contributed by atoms with Crippen LogP contribution in [0, 0.1) is 0 Å². The number of aromatic nitrogens is 1. The number of primary amides is 1. The van der Waals surface area contributed by atoms with Crippen molar-refractivity contribution < 1.29 is 29.4 Å². The predicted octanol–water partition coefficient (Wildman–Crippen LogP) is -0.986. The van der Waals surface area contributed by atoms with E-state index in [1.807, 2.05) is 0 Å². The first-order chi connectivity index (χ1) is 8.95. The molecular formula is C9H11N2O6PS. The molecule has 0 aliphatic carbocycles. The molecule has 1 fully saturated rings. The Balaban J connectivity index is 2.21. The lowest BCUT2D eigenvalue weighted by molar-refractivity contribution is -0.0366. The Morgan fingerprint density at radius 2 is 2.21 bits per heavy atom. The second-order valence-corrected chi connectivity index (χ2v) is 5.59. The van der Waals surface area contributed by atoms with Crippen LogP contribution >= 0.6 is 19.8 Å². The van der Waals surface area contributed by atoms with Crippen molar-refractivity contribution in [3.8, 4) is 0 Å². The van der Waals surface area contributed by atoms with Gasteiger partial charge in [0.1, 0.15) is 35.1 Å². The highest BCUT2D eigenvalue weighted by atomic mass is 32.1. The zero-order valence-electron chi connectivity index (χ0n) is 9.41. The van der Waals surface area contributed by atoms with Gasteiger partial charge in [-0.25, -0.2) is 4.98 Å². The lowest BCUT2D eigenvalue weighted by Gasteiger charge is -2.14. The highest BCUT2D eigenvalue weighted by Crippen LogP contribution is 2.37. The van der Waals surface area contributed by atoms with Crippen LogP contribution in [-0.2, 0) is 9.30 Å². The Morgan fingerprint density at radius 3 is 2.74 bits per heavy atom. The molecule has 0 radical (unpaired) electrons. The molecule has 1 saturated heterocycles. The lowest BCUT2D eigenvalue weighted by Crippen LogP contribution is -2.36. The van der Waals surface area contributed by atoms with Crippen LogP contribution in [0.15, 0.2) is 5.38 Å². The van der Waals surface area contributed by atoms with Gasteiger partial charge in [0.2, 0.25) is 0 Å². The lowest BCUT2D eigenvalue weighted by atomic mass is 10.1. The predicted molar refractivity (Wildman–Crippen MR) is 63.9 cm³/mol. The summed E-state index contributed by atoms with van der Waals surface area (Å²) in [6.45, 7) is 0. The number of thiazole rings is 1. The van der Waals surface area contributed by atoms with Crippen LogP contribution in [0.4, 0.5) is 0 Å². The SMILES string of the molecule is NC(=O)c1csc([C@@H]2O[C@H](C(O)P=O)[C@@H](O)[C@H]2O)n1. The van der Waals surface area contributed by atoms with E-state index in [0.717, 1.165) is 11.3 Å². The maximum absolute atomic E-state index is 10.9. The second kappa shape index (κ2) is 5.58. The minimum Gasteiger partial charge on any atom is -0.387 e. The van der Waals surface area contributed by atoms with E-state index in [1.54, 1.807) is 0 Å². The number of carbonyl (C=O) groups is 1. The van der Waals surface area contributed by atoms with Crippen molar-refractivity contribution in [2.24, 2.45) is 5.73 Å². The fourth-order valence-corrected chi connectivity index (χ4v) is 2.99. The van der Waals surface area contributed by atoms with Gasteiger partial charge in [0.25, 0.3) is 5.91 Å². The summed E-state index contributed by atoms with van der Waals surface area (Å²) < 4.78 is 15.8. The average Bonchev–Trinajstić information content (AvgIpc) is 2.96. The summed E-state index contributed by atoms with van der Waals surface area (Å²) in [7, 11) is -0.619. The molecule has 0 spiro atoms. The summed E-state index contributed by atoms with van der Waals surface area (Å²) in [6.07, 6.45) is -4.94. The number of aliphatic hydroxyl groups is 3. The second-order valence-electron chi connectivity index (χ2n) is 3.96. The zero-order valence-corrected chi connectivity index (χ0v) is 11.1. The third-order valence-corrected chi connectivity index (χ3v) is 4.14. The fraction of sp³-hybridized carbons (Fsp3) is 0.556. The van der Waals surface area contributed by atoms with Crippen molar-refractivity contribution in [1.82, 2.24) is 4.98 Å². The van der Waals surface area contributed by atoms with Crippen LogP contribution in [-0.4, -0.2) is 50.4 Å². The first kappa shape index (κ1) is 14.4. The summed E-state index contributed by atoms with van der Waals surface area (Å²) in [5, 5.41) is 30.6. The third kappa shape index (κ3) is 2.66. The van der Waals surface area contributed by atoms with E-state index in [-0.39, 0.29) is 10.7 Å². The highest BCUT2D eigenvalue weighted by Gasteiger charge is 2.48. The normalized spacial score (nSPS) is 32.6. The molecule has 2 rings (SSSR count). The number of hydrogen-bond acceptors (Lipinski definition) is 8. The molecule has 2 heterocycles. The molecule has 1 unspecified atom stereocenters. The van der Waals surface area contributed by atoms with Gasteiger partial charge in [-0.1, -0.05) is 0 Å². The summed E-state index contributed by atoms with van der Waals surface area (Å²) in [4.78, 5) is 14.8. The number of nitrogens with zero attached hydrogens (tertiary/aromatic N) is 1. The maximum atomic E-state index is 10.9. The van der Waals surface area contributed by atoms with Crippen molar-refractivity contribution in [3.63, 3.8) is 0 Å². The number of ether oxygens (including phenoxy) is 1. The van der Waals surface area contributed by atoms with E-state index >= 15 is 0 Å². The topological polar surface area (TPSA) is 143 Å². The Morgan fingerprint density at radius 1 is 1.53 bits per heavy atom. The Kier molecular flexibility index (Phi) is 4.24. The Hall–Kier alpha value is -0.960. The molecule has 1 amide bonds. The van der Waals surface area contributed by atoms with E-state index in [1.165, 1.54) is 5.38 Å². The highest BCUT2D eigenvalue weighted by molar-refractivity contribution is 7.24.